The number of likely N-dealkylation sites (tertiary alicyclic amines) is 1. The molecule has 0 aliphatic carbocycles. The predicted octanol–water partition coefficient (Wildman–Crippen LogP) is 4.43. The minimum absolute atomic E-state index is 0.455. The fraction of sp³-hybridized carbons (Fsp3) is 0.435. The first kappa shape index (κ1) is 19.6. The standard InChI is InChI=1S/C23H30N6/c1-4-29-16-20(18(3)27-29)15-28-13-7-9-19(14-28)21-10-5-11-22(25-21)26-23-17(2)8-6-12-24-23/h5-6,8,10-12,16,19H,4,7,9,13-15H2,1-3H3,(H,24,25,26). The van der Waals surface area contributed by atoms with Gasteiger partial charge in [0.1, 0.15) is 11.6 Å². The maximum absolute atomic E-state index is 4.91. The average molecular weight is 391 g/mol. The maximum Gasteiger partial charge on any atom is 0.134 e. The summed E-state index contributed by atoms with van der Waals surface area (Å²) in [6, 6.07) is 10.3. The molecular formula is C23H30N6. The lowest BCUT2D eigenvalue weighted by Crippen LogP contribution is -2.34. The van der Waals surface area contributed by atoms with Crippen molar-refractivity contribution in [1.82, 2.24) is 24.6 Å². The third kappa shape index (κ3) is 4.65. The van der Waals surface area contributed by atoms with E-state index in [0.717, 1.165) is 54.8 Å². The molecule has 3 aromatic heterocycles. The van der Waals surface area contributed by atoms with Crippen LogP contribution in [0.15, 0.2) is 42.7 Å². The van der Waals surface area contributed by atoms with Gasteiger partial charge in [0.15, 0.2) is 0 Å². The van der Waals surface area contributed by atoms with Gasteiger partial charge in [-0.05, 0) is 63.9 Å². The lowest BCUT2D eigenvalue weighted by atomic mass is 9.94. The van der Waals surface area contributed by atoms with Crippen LogP contribution < -0.4 is 5.32 Å². The lowest BCUT2D eigenvalue weighted by molar-refractivity contribution is 0.198. The van der Waals surface area contributed by atoms with E-state index in [1.54, 1.807) is 6.20 Å². The van der Waals surface area contributed by atoms with Crippen LogP contribution in [0.3, 0.4) is 0 Å². The zero-order valence-electron chi connectivity index (χ0n) is 17.6. The molecule has 0 spiro atoms. The number of anilines is 2. The Labute approximate surface area is 173 Å². The Kier molecular flexibility index (Phi) is 5.90. The highest BCUT2D eigenvalue weighted by molar-refractivity contribution is 5.55. The van der Waals surface area contributed by atoms with E-state index in [4.69, 9.17) is 4.98 Å². The van der Waals surface area contributed by atoms with Gasteiger partial charge in [-0.15, -0.1) is 0 Å². The first-order valence-electron chi connectivity index (χ1n) is 10.5. The molecular weight excluding hydrogens is 360 g/mol. The van der Waals surface area contributed by atoms with Crippen molar-refractivity contribution < 1.29 is 0 Å². The fourth-order valence-electron chi connectivity index (χ4n) is 4.04. The molecule has 4 heterocycles. The Morgan fingerprint density at radius 3 is 2.86 bits per heavy atom. The van der Waals surface area contributed by atoms with Crippen molar-refractivity contribution in [2.24, 2.45) is 0 Å². The van der Waals surface area contributed by atoms with Crippen molar-refractivity contribution in [3.05, 3.63) is 65.2 Å². The summed E-state index contributed by atoms with van der Waals surface area (Å²) in [7, 11) is 0. The molecule has 6 heteroatoms. The van der Waals surface area contributed by atoms with Crippen molar-refractivity contribution >= 4 is 11.6 Å². The Morgan fingerprint density at radius 1 is 1.17 bits per heavy atom. The van der Waals surface area contributed by atoms with Gasteiger partial charge in [0, 0.05) is 49.2 Å². The number of hydrogen-bond donors (Lipinski definition) is 1. The Morgan fingerprint density at radius 2 is 2.07 bits per heavy atom. The second-order valence-electron chi connectivity index (χ2n) is 7.91. The highest BCUT2D eigenvalue weighted by Gasteiger charge is 2.23. The molecule has 1 N–H and O–H groups in total. The molecule has 1 unspecified atom stereocenters. The molecule has 1 saturated heterocycles. The van der Waals surface area contributed by atoms with E-state index >= 15 is 0 Å². The number of piperidine rings is 1. The van der Waals surface area contributed by atoms with Crippen LogP contribution in [-0.2, 0) is 13.1 Å². The minimum Gasteiger partial charge on any atom is -0.325 e. The van der Waals surface area contributed by atoms with Gasteiger partial charge in [-0.3, -0.25) is 9.58 Å². The van der Waals surface area contributed by atoms with Crippen molar-refractivity contribution in [2.45, 2.75) is 52.6 Å². The van der Waals surface area contributed by atoms with Gasteiger partial charge in [-0.2, -0.15) is 5.10 Å². The first-order chi connectivity index (χ1) is 14.1. The van der Waals surface area contributed by atoms with Crippen LogP contribution in [0, 0.1) is 13.8 Å². The highest BCUT2D eigenvalue weighted by Crippen LogP contribution is 2.28. The zero-order valence-corrected chi connectivity index (χ0v) is 17.6. The van der Waals surface area contributed by atoms with E-state index in [9.17, 15) is 0 Å². The highest BCUT2D eigenvalue weighted by atomic mass is 15.3. The van der Waals surface area contributed by atoms with Gasteiger partial charge in [0.25, 0.3) is 0 Å². The maximum atomic E-state index is 4.91. The molecule has 1 fully saturated rings. The predicted molar refractivity (Wildman–Crippen MR) is 116 cm³/mol. The normalized spacial score (nSPS) is 17.4. The van der Waals surface area contributed by atoms with Gasteiger partial charge in [-0.25, -0.2) is 9.97 Å². The summed E-state index contributed by atoms with van der Waals surface area (Å²) in [6.07, 6.45) is 6.38. The molecule has 1 aliphatic heterocycles. The van der Waals surface area contributed by atoms with E-state index in [1.165, 1.54) is 18.4 Å². The largest absolute Gasteiger partial charge is 0.325 e. The van der Waals surface area contributed by atoms with E-state index < -0.39 is 0 Å². The Balaban J connectivity index is 1.45. The number of pyridine rings is 2. The number of aromatic nitrogens is 4. The molecule has 0 radical (unpaired) electrons. The van der Waals surface area contributed by atoms with Crippen LogP contribution in [0.4, 0.5) is 11.6 Å². The van der Waals surface area contributed by atoms with E-state index in [-0.39, 0.29) is 0 Å². The summed E-state index contributed by atoms with van der Waals surface area (Å²) in [5.41, 5.74) is 4.76. The van der Waals surface area contributed by atoms with Gasteiger partial charge < -0.3 is 5.32 Å². The van der Waals surface area contributed by atoms with E-state index in [1.807, 2.05) is 16.8 Å². The van der Waals surface area contributed by atoms with Crippen molar-refractivity contribution in [1.29, 1.82) is 0 Å². The summed E-state index contributed by atoms with van der Waals surface area (Å²) >= 11 is 0. The molecule has 152 valence electrons. The summed E-state index contributed by atoms with van der Waals surface area (Å²) in [4.78, 5) is 11.9. The van der Waals surface area contributed by atoms with Gasteiger partial charge in [0.2, 0.25) is 0 Å². The summed E-state index contributed by atoms with van der Waals surface area (Å²) in [5, 5.41) is 7.97. The third-order valence-corrected chi connectivity index (χ3v) is 5.72. The number of aryl methyl sites for hydroxylation is 3. The Bertz CT molecular complexity index is 964. The summed E-state index contributed by atoms with van der Waals surface area (Å²) < 4.78 is 2.03. The Hall–Kier alpha value is -2.73. The number of nitrogens with one attached hydrogen (secondary N) is 1. The molecule has 0 aromatic carbocycles. The van der Waals surface area contributed by atoms with Crippen molar-refractivity contribution in [3.63, 3.8) is 0 Å². The second-order valence-corrected chi connectivity index (χ2v) is 7.91. The van der Waals surface area contributed by atoms with Crippen LogP contribution in [0.25, 0.3) is 0 Å². The van der Waals surface area contributed by atoms with Crippen molar-refractivity contribution in [3.8, 4) is 0 Å². The van der Waals surface area contributed by atoms with E-state index in [2.05, 4.69) is 65.5 Å². The van der Waals surface area contributed by atoms with Gasteiger partial charge in [0.05, 0.1) is 5.69 Å². The molecule has 4 rings (SSSR count). The van der Waals surface area contributed by atoms with Crippen LogP contribution >= 0.6 is 0 Å². The minimum atomic E-state index is 0.455. The lowest BCUT2D eigenvalue weighted by Gasteiger charge is -2.32. The smallest absolute Gasteiger partial charge is 0.134 e. The van der Waals surface area contributed by atoms with E-state index in [0.29, 0.717) is 5.92 Å². The van der Waals surface area contributed by atoms with Crippen LogP contribution in [0.5, 0.6) is 0 Å². The van der Waals surface area contributed by atoms with Crippen molar-refractivity contribution in [2.75, 3.05) is 18.4 Å². The molecule has 29 heavy (non-hydrogen) atoms. The SMILES string of the molecule is CCn1cc(CN2CCCC(c3cccc(Nc4ncccc4C)n3)C2)c(C)n1. The number of rotatable bonds is 6. The summed E-state index contributed by atoms with van der Waals surface area (Å²) in [5.74, 6) is 2.18. The third-order valence-electron chi connectivity index (χ3n) is 5.72. The molecule has 0 amide bonds. The van der Waals surface area contributed by atoms with Gasteiger partial charge >= 0.3 is 0 Å². The fourth-order valence-corrected chi connectivity index (χ4v) is 4.04. The topological polar surface area (TPSA) is 58.9 Å². The molecule has 1 aliphatic rings. The molecule has 0 bridgehead atoms. The van der Waals surface area contributed by atoms with Crippen LogP contribution in [0.2, 0.25) is 0 Å². The molecule has 0 saturated carbocycles. The number of hydrogen-bond acceptors (Lipinski definition) is 5. The quantitative estimate of drug-likeness (QED) is 0.675. The molecule has 3 aromatic rings. The average Bonchev–Trinajstić information content (AvgIpc) is 3.10. The van der Waals surface area contributed by atoms with Crippen LogP contribution in [0.1, 0.15) is 48.2 Å². The number of nitrogens with zero attached hydrogens (tertiary/aromatic N) is 5. The molecule has 1 atom stereocenters. The van der Waals surface area contributed by atoms with Gasteiger partial charge in [-0.1, -0.05) is 12.1 Å². The first-order valence-corrected chi connectivity index (χ1v) is 10.5. The van der Waals surface area contributed by atoms with Crippen LogP contribution in [-0.4, -0.2) is 37.7 Å². The molecule has 6 nitrogen and oxygen atoms in total. The zero-order chi connectivity index (χ0) is 20.2. The second kappa shape index (κ2) is 8.74. The summed E-state index contributed by atoms with van der Waals surface area (Å²) in [6.45, 7) is 10.4. The monoisotopic (exact) mass is 390 g/mol.